The second kappa shape index (κ2) is 7.91. The molecule has 84 valence electrons. The summed E-state index contributed by atoms with van der Waals surface area (Å²) in [6.07, 6.45) is 0.209. The van der Waals surface area contributed by atoms with Crippen molar-refractivity contribution in [1.82, 2.24) is 5.32 Å². The van der Waals surface area contributed by atoms with Crippen LogP contribution in [0.15, 0.2) is 0 Å². The van der Waals surface area contributed by atoms with Crippen LogP contribution in [0.5, 0.6) is 0 Å². The van der Waals surface area contributed by atoms with Crippen LogP contribution in [0, 0.1) is 0 Å². The molecule has 2 N–H and O–H groups in total. The third kappa shape index (κ3) is 7.00. The zero-order chi connectivity index (χ0) is 11.0. The quantitative estimate of drug-likeness (QED) is 0.559. The predicted molar refractivity (Wildman–Crippen MR) is 55.3 cm³/mol. The lowest BCUT2D eigenvalue weighted by atomic mass is 10.1. The maximum Gasteiger partial charge on any atom is 0.163 e. The molecule has 1 unspecified atom stereocenters. The minimum atomic E-state index is -0.959. The van der Waals surface area contributed by atoms with Gasteiger partial charge in [0.15, 0.2) is 5.78 Å². The molecule has 1 atom stereocenters. The molecule has 0 bridgehead atoms. The van der Waals surface area contributed by atoms with Crippen LogP contribution in [0.25, 0.3) is 0 Å². The lowest BCUT2D eigenvalue weighted by molar-refractivity contribution is -0.129. The molecule has 4 nitrogen and oxygen atoms in total. The number of nitrogens with one attached hydrogen (secondary N) is 1. The number of carbonyl (C=O) groups is 1. The average Bonchev–Trinajstić information content (AvgIpc) is 2.12. The summed E-state index contributed by atoms with van der Waals surface area (Å²) in [7, 11) is 1.47. The molecular weight excluding hydrogens is 182 g/mol. The first-order valence-corrected chi connectivity index (χ1v) is 5.01. The van der Waals surface area contributed by atoms with Gasteiger partial charge in [-0.3, -0.25) is 4.79 Å². The van der Waals surface area contributed by atoms with E-state index < -0.39 is 6.10 Å². The largest absolute Gasteiger partial charge is 0.383 e. The molecule has 0 radical (unpaired) electrons. The molecule has 0 aliphatic heterocycles. The van der Waals surface area contributed by atoms with Crippen molar-refractivity contribution in [2.24, 2.45) is 0 Å². The smallest absolute Gasteiger partial charge is 0.163 e. The molecule has 4 heteroatoms. The molecule has 0 aromatic heterocycles. The molecule has 0 fully saturated rings. The van der Waals surface area contributed by atoms with Crippen molar-refractivity contribution in [3.05, 3.63) is 0 Å². The van der Waals surface area contributed by atoms with Gasteiger partial charge in [0.1, 0.15) is 6.10 Å². The van der Waals surface area contributed by atoms with Crippen molar-refractivity contribution in [2.75, 3.05) is 20.3 Å². The average molecular weight is 203 g/mol. The highest BCUT2D eigenvalue weighted by Gasteiger charge is 2.13. The number of hydrogen-bond acceptors (Lipinski definition) is 4. The Labute approximate surface area is 85.6 Å². The maximum absolute atomic E-state index is 11.2. The van der Waals surface area contributed by atoms with E-state index in [9.17, 15) is 9.90 Å². The van der Waals surface area contributed by atoms with Crippen LogP contribution in [-0.4, -0.2) is 43.3 Å². The summed E-state index contributed by atoms with van der Waals surface area (Å²) in [5.74, 6) is -0.141. The number of rotatable bonds is 8. The zero-order valence-corrected chi connectivity index (χ0v) is 9.25. The van der Waals surface area contributed by atoms with E-state index in [1.54, 1.807) is 0 Å². The molecule has 0 aromatic rings. The molecule has 14 heavy (non-hydrogen) atoms. The van der Waals surface area contributed by atoms with E-state index in [-0.39, 0.29) is 12.4 Å². The van der Waals surface area contributed by atoms with Gasteiger partial charge in [-0.05, 0) is 13.0 Å². The first-order chi connectivity index (χ1) is 6.57. The van der Waals surface area contributed by atoms with Crippen molar-refractivity contribution < 1.29 is 14.6 Å². The molecule has 0 saturated carbocycles. The number of ether oxygens (including phenoxy) is 1. The summed E-state index contributed by atoms with van der Waals surface area (Å²) in [5.41, 5.74) is 0. The van der Waals surface area contributed by atoms with Gasteiger partial charge in [0.25, 0.3) is 0 Å². The van der Waals surface area contributed by atoms with Gasteiger partial charge >= 0.3 is 0 Å². The summed E-state index contributed by atoms with van der Waals surface area (Å²) < 4.78 is 4.68. The third-order valence-electron chi connectivity index (χ3n) is 1.85. The number of carbonyl (C=O) groups excluding carboxylic acids is 1. The van der Waals surface area contributed by atoms with Crippen molar-refractivity contribution in [3.63, 3.8) is 0 Å². The molecule has 0 aromatic carbocycles. The van der Waals surface area contributed by atoms with Crippen LogP contribution in [0.1, 0.15) is 26.7 Å². The van der Waals surface area contributed by atoms with Gasteiger partial charge in [-0.1, -0.05) is 13.8 Å². The summed E-state index contributed by atoms with van der Waals surface area (Å²) in [4.78, 5) is 11.2. The van der Waals surface area contributed by atoms with E-state index in [1.807, 2.05) is 0 Å². The Morgan fingerprint density at radius 3 is 2.64 bits per heavy atom. The van der Waals surface area contributed by atoms with Gasteiger partial charge in [0.2, 0.25) is 0 Å². The van der Waals surface area contributed by atoms with Crippen molar-refractivity contribution in [3.8, 4) is 0 Å². The lowest BCUT2D eigenvalue weighted by Crippen LogP contribution is -2.28. The fraction of sp³-hybridized carbons (Fsp3) is 0.900. The van der Waals surface area contributed by atoms with Crippen LogP contribution in [0.2, 0.25) is 0 Å². The van der Waals surface area contributed by atoms with Gasteiger partial charge in [0.05, 0.1) is 6.61 Å². The molecular formula is C10H21NO3. The fourth-order valence-electron chi connectivity index (χ4n) is 1.07. The predicted octanol–water partition coefficient (Wildman–Crippen LogP) is 0.341. The molecule has 0 heterocycles. The van der Waals surface area contributed by atoms with Crippen LogP contribution in [0.4, 0.5) is 0 Å². The number of ketones is 1. The van der Waals surface area contributed by atoms with E-state index >= 15 is 0 Å². The summed E-state index contributed by atoms with van der Waals surface area (Å²) in [6.45, 7) is 5.02. The fourth-order valence-corrected chi connectivity index (χ4v) is 1.07. The number of hydrogen-bond donors (Lipinski definition) is 2. The Balaban J connectivity index is 3.44. The van der Waals surface area contributed by atoms with E-state index in [4.69, 9.17) is 0 Å². The summed E-state index contributed by atoms with van der Waals surface area (Å²) >= 11 is 0. The molecule has 0 rings (SSSR count). The van der Waals surface area contributed by atoms with E-state index in [0.29, 0.717) is 12.5 Å². The Kier molecular flexibility index (Phi) is 7.65. The lowest BCUT2D eigenvalue weighted by Gasteiger charge is -2.09. The first kappa shape index (κ1) is 13.5. The molecule has 0 amide bonds. The summed E-state index contributed by atoms with van der Waals surface area (Å²) in [6, 6.07) is 0.439. The Morgan fingerprint density at radius 2 is 2.14 bits per heavy atom. The zero-order valence-electron chi connectivity index (χ0n) is 9.25. The number of Topliss-reactive ketones (excluding diaryl/α,β-unsaturated/α-hetero) is 1. The number of methoxy groups -OCH3 is 1. The number of aliphatic hydroxyl groups is 1. The van der Waals surface area contributed by atoms with Crippen LogP contribution in [-0.2, 0) is 9.53 Å². The van der Waals surface area contributed by atoms with Gasteiger partial charge in [0, 0.05) is 19.6 Å². The highest BCUT2D eigenvalue weighted by molar-refractivity contribution is 5.82. The van der Waals surface area contributed by atoms with Gasteiger partial charge in [-0.2, -0.15) is 0 Å². The second-order valence-corrected chi connectivity index (χ2v) is 3.65. The topological polar surface area (TPSA) is 58.6 Å². The minimum Gasteiger partial charge on any atom is -0.383 e. The Bertz CT molecular complexity index is 159. The first-order valence-electron chi connectivity index (χ1n) is 5.01. The maximum atomic E-state index is 11.2. The number of aliphatic hydroxyl groups excluding tert-OH is 1. The summed E-state index contributed by atoms with van der Waals surface area (Å²) in [5, 5.41) is 12.4. The molecule has 0 saturated heterocycles. The SMILES string of the molecule is COCC(O)C(=O)CCCNC(C)C. The van der Waals surface area contributed by atoms with Crippen LogP contribution >= 0.6 is 0 Å². The van der Waals surface area contributed by atoms with Gasteiger partial charge in [-0.15, -0.1) is 0 Å². The minimum absolute atomic E-state index is 0.0937. The van der Waals surface area contributed by atoms with Gasteiger partial charge in [-0.25, -0.2) is 0 Å². The monoisotopic (exact) mass is 203 g/mol. The van der Waals surface area contributed by atoms with Crippen molar-refractivity contribution in [2.45, 2.75) is 38.8 Å². The third-order valence-corrected chi connectivity index (χ3v) is 1.85. The van der Waals surface area contributed by atoms with Gasteiger partial charge < -0.3 is 15.2 Å². The van der Waals surface area contributed by atoms with Crippen molar-refractivity contribution in [1.29, 1.82) is 0 Å². The standard InChI is InChI=1S/C10H21NO3/c1-8(2)11-6-4-5-9(12)10(13)7-14-3/h8,10-11,13H,4-7H2,1-3H3. The highest BCUT2D eigenvalue weighted by Crippen LogP contribution is 1.96. The van der Waals surface area contributed by atoms with E-state index in [0.717, 1.165) is 13.0 Å². The second-order valence-electron chi connectivity index (χ2n) is 3.65. The van der Waals surface area contributed by atoms with Crippen molar-refractivity contribution >= 4 is 5.78 Å². The van der Waals surface area contributed by atoms with Crippen LogP contribution < -0.4 is 5.32 Å². The Morgan fingerprint density at radius 1 is 1.50 bits per heavy atom. The normalized spacial score (nSPS) is 13.2. The Hall–Kier alpha value is -0.450. The molecule has 0 aliphatic rings. The van der Waals surface area contributed by atoms with E-state index in [2.05, 4.69) is 23.9 Å². The van der Waals surface area contributed by atoms with Crippen LogP contribution in [0.3, 0.4) is 0 Å². The molecule has 0 spiro atoms. The molecule has 0 aliphatic carbocycles. The van der Waals surface area contributed by atoms with E-state index in [1.165, 1.54) is 7.11 Å². The highest BCUT2D eigenvalue weighted by atomic mass is 16.5.